The second kappa shape index (κ2) is 5.98. The van der Waals surface area contributed by atoms with Gasteiger partial charge in [-0.2, -0.15) is 0 Å². The Morgan fingerprint density at radius 2 is 2.33 bits per heavy atom. The quantitative estimate of drug-likeness (QED) is 0.821. The first kappa shape index (κ1) is 13.1. The van der Waals surface area contributed by atoms with Gasteiger partial charge in [0, 0.05) is 19.0 Å². The number of carbonyl (C=O) groups excluding carboxylic acids is 1. The number of nitrogens with one attached hydrogen (secondary N) is 1. The molecular weight excluding hydrogens is 228 g/mol. The van der Waals surface area contributed by atoms with Gasteiger partial charge in [0.25, 0.3) is 0 Å². The lowest BCUT2D eigenvalue weighted by Crippen LogP contribution is -2.35. The van der Waals surface area contributed by atoms with Crippen molar-refractivity contribution in [3.8, 4) is 0 Å². The number of primary amides is 1. The SMILES string of the molecule is CC(CC(N)=O)NCC1OCCc2ccccc21. The minimum absolute atomic E-state index is 0.0743. The zero-order valence-electron chi connectivity index (χ0n) is 10.7. The molecule has 1 aromatic rings. The molecule has 0 bridgehead atoms. The molecule has 18 heavy (non-hydrogen) atoms. The summed E-state index contributed by atoms with van der Waals surface area (Å²) in [5, 5.41) is 3.30. The van der Waals surface area contributed by atoms with Crippen LogP contribution in [-0.2, 0) is 16.0 Å². The van der Waals surface area contributed by atoms with Gasteiger partial charge in [0.1, 0.15) is 0 Å². The van der Waals surface area contributed by atoms with Crippen LogP contribution in [-0.4, -0.2) is 25.1 Å². The van der Waals surface area contributed by atoms with Crippen LogP contribution in [0.2, 0.25) is 0 Å². The fourth-order valence-electron chi connectivity index (χ4n) is 2.33. The zero-order chi connectivity index (χ0) is 13.0. The predicted molar refractivity (Wildman–Crippen MR) is 70.1 cm³/mol. The zero-order valence-corrected chi connectivity index (χ0v) is 10.7. The first-order chi connectivity index (χ1) is 8.66. The molecule has 0 radical (unpaired) electrons. The number of nitrogens with two attached hydrogens (primary N) is 1. The molecule has 0 fully saturated rings. The van der Waals surface area contributed by atoms with Crippen LogP contribution in [0.25, 0.3) is 0 Å². The molecule has 0 spiro atoms. The molecule has 0 aliphatic carbocycles. The van der Waals surface area contributed by atoms with E-state index in [2.05, 4.69) is 23.5 Å². The number of amides is 1. The topological polar surface area (TPSA) is 64.4 Å². The molecule has 0 saturated heterocycles. The summed E-state index contributed by atoms with van der Waals surface area (Å²) in [6.45, 7) is 3.43. The van der Waals surface area contributed by atoms with Crippen LogP contribution in [0.1, 0.15) is 30.6 Å². The Labute approximate surface area is 108 Å². The second-order valence-corrected chi connectivity index (χ2v) is 4.79. The predicted octanol–water partition coefficient (Wildman–Crippen LogP) is 1.15. The van der Waals surface area contributed by atoms with Crippen LogP contribution < -0.4 is 11.1 Å². The second-order valence-electron chi connectivity index (χ2n) is 4.79. The highest BCUT2D eigenvalue weighted by Crippen LogP contribution is 2.26. The first-order valence-electron chi connectivity index (χ1n) is 6.38. The van der Waals surface area contributed by atoms with Gasteiger partial charge in [0.05, 0.1) is 12.7 Å². The summed E-state index contributed by atoms with van der Waals surface area (Å²) in [5.74, 6) is -0.278. The van der Waals surface area contributed by atoms with E-state index in [1.165, 1.54) is 11.1 Å². The lowest BCUT2D eigenvalue weighted by molar-refractivity contribution is -0.118. The monoisotopic (exact) mass is 248 g/mol. The molecule has 1 heterocycles. The van der Waals surface area contributed by atoms with E-state index in [1.807, 2.05) is 13.0 Å². The van der Waals surface area contributed by atoms with Gasteiger partial charge in [-0.1, -0.05) is 24.3 Å². The Bertz CT molecular complexity index is 420. The average molecular weight is 248 g/mol. The highest BCUT2D eigenvalue weighted by Gasteiger charge is 2.20. The molecule has 2 atom stereocenters. The standard InChI is InChI=1S/C14H20N2O2/c1-10(8-14(15)17)16-9-13-12-5-3-2-4-11(12)6-7-18-13/h2-5,10,13,16H,6-9H2,1H3,(H2,15,17). The van der Waals surface area contributed by atoms with Crippen molar-refractivity contribution < 1.29 is 9.53 Å². The van der Waals surface area contributed by atoms with Crippen LogP contribution in [0.4, 0.5) is 0 Å². The molecular formula is C14H20N2O2. The minimum atomic E-state index is -0.278. The van der Waals surface area contributed by atoms with Gasteiger partial charge >= 0.3 is 0 Å². The Balaban J connectivity index is 1.93. The summed E-state index contributed by atoms with van der Waals surface area (Å²) in [6, 6.07) is 8.44. The van der Waals surface area contributed by atoms with E-state index in [-0.39, 0.29) is 18.1 Å². The van der Waals surface area contributed by atoms with Crippen LogP contribution in [0.5, 0.6) is 0 Å². The Hall–Kier alpha value is -1.39. The van der Waals surface area contributed by atoms with E-state index in [0.717, 1.165) is 13.0 Å². The smallest absolute Gasteiger partial charge is 0.218 e. The summed E-state index contributed by atoms with van der Waals surface area (Å²) in [6.07, 6.45) is 1.41. The van der Waals surface area contributed by atoms with Crippen molar-refractivity contribution >= 4 is 5.91 Å². The van der Waals surface area contributed by atoms with Crippen LogP contribution in [0, 0.1) is 0 Å². The number of ether oxygens (including phenoxy) is 1. The van der Waals surface area contributed by atoms with Gasteiger partial charge in [0.15, 0.2) is 0 Å². The van der Waals surface area contributed by atoms with Crippen molar-refractivity contribution in [3.63, 3.8) is 0 Å². The molecule has 0 saturated carbocycles. The van der Waals surface area contributed by atoms with E-state index in [1.54, 1.807) is 0 Å². The summed E-state index contributed by atoms with van der Waals surface area (Å²) < 4.78 is 5.78. The van der Waals surface area contributed by atoms with Gasteiger partial charge in [-0.3, -0.25) is 4.79 Å². The van der Waals surface area contributed by atoms with Gasteiger partial charge in [0.2, 0.25) is 5.91 Å². The van der Waals surface area contributed by atoms with Crippen molar-refractivity contribution in [1.29, 1.82) is 0 Å². The number of hydrogen-bond acceptors (Lipinski definition) is 3. The molecule has 2 rings (SSSR count). The molecule has 1 aliphatic heterocycles. The maximum Gasteiger partial charge on any atom is 0.218 e. The number of rotatable bonds is 5. The average Bonchev–Trinajstić information content (AvgIpc) is 2.35. The van der Waals surface area contributed by atoms with Crippen LogP contribution in [0.3, 0.4) is 0 Å². The number of carbonyl (C=O) groups is 1. The number of hydrogen-bond donors (Lipinski definition) is 2. The highest BCUT2D eigenvalue weighted by molar-refractivity contribution is 5.74. The third-order valence-electron chi connectivity index (χ3n) is 3.25. The van der Waals surface area contributed by atoms with Crippen LogP contribution in [0.15, 0.2) is 24.3 Å². The maximum atomic E-state index is 10.8. The first-order valence-corrected chi connectivity index (χ1v) is 6.38. The summed E-state index contributed by atoms with van der Waals surface area (Å²) in [7, 11) is 0. The molecule has 1 amide bonds. The fourth-order valence-corrected chi connectivity index (χ4v) is 2.33. The Kier molecular flexibility index (Phi) is 4.33. The summed E-state index contributed by atoms with van der Waals surface area (Å²) >= 11 is 0. The molecule has 1 aliphatic rings. The fraction of sp³-hybridized carbons (Fsp3) is 0.500. The number of fused-ring (bicyclic) bond motifs is 1. The van der Waals surface area contributed by atoms with Gasteiger partial charge in [-0.25, -0.2) is 0 Å². The van der Waals surface area contributed by atoms with E-state index in [4.69, 9.17) is 10.5 Å². The summed E-state index contributed by atoms with van der Waals surface area (Å²) in [4.78, 5) is 10.8. The lowest BCUT2D eigenvalue weighted by Gasteiger charge is -2.27. The van der Waals surface area contributed by atoms with Crippen molar-refractivity contribution in [2.24, 2.45) is 5.73 Å². The minimum Gasteiger partial charge on any atom is -0.372 e. The molecule has 98 valence electrons. The van der Waals surface area contributed by atoms with Crippen LogP contribution >= 0.6 is 0 Å². The van der Waals surface area contributed by atoms with E-state index in [0.29, 0.717) is 13.0 Å². The van der Waals surface area contributed by atoms with Crippen molar-refractivity contribution in [2.75, 3.05) is 13.2 Å². The van der Waals surface area contributed by atoms with Gasteiger partial charge in [-0.15, -0.1) is 0 Å². The molecule has 0 aromatic heterocycles. The van der Waals surface area contributed by atoms with Crippen molar-refractivity contribution in [2.45, 2.75) is 31.9 Å². The molecule has 3 N–H and O–H groups in total. The van der Waals surface area contributed by atoms with Crippen molar-refractivity contribution in [3.05, 3.63) is 35.4 Å². The largest absolute Gasteiger partial charge is 0.372 e. The summed E-state index contributed by atoms with van der Waals surface area (Å²) in [5.41, 5.74) is 7.78. The molecule has 4 heteroatoms. The maximum absolute atomic E-state index is 10.8. The Morgan fingerprint density at radius 1 is 1.56 bits per heavy atom. The molecule has 4 nitrogen and oxygen atoms in total. The van der Waals surface area contributed by atoms with Crippen molar-refractivity contribution in [1.82, 2.24) is 5.32 Å². The van der Waals surface area contributed by atoms with Gasteiger partial charge in [-0.05, 0) is 24.5 Å². The highest BCUT2D eigenvalue weighted by atomic mass is 16.5. The normalized spacial score (nSPS) is 20.2. The lowest BCUT2D eigenvalue weighted by atomic mass is 9.97. The van der Waals surface area contributed by atoms with Gasteiger partial charge < -0.3 is 15.8 Å². The molecule has 1 aromatic carbocycles. The third kappa shape index (κ3) is 3.31. The van der Waals surface area contributed by atoms with E-state index in [9.17, 15) is 4.79 Å². The third-order valence-corrected chi connectivity index (χ3v) is 3.25. The van der Waals surface area contributed by atoms with E-state index >= 15 is 0 Å². The van der Waals surface area contributed by atoms with E-state index < -0.39 is 0 Å². The Morgan fingerprint density at radius 3 is 3.11 bits per heavy atom. The number of benzene rings is 1. The molecule has 2 unspecified atom stereocenters.